The van der Waals surface area contributed by atoms with Gasteiger partial charge in [-0.15, -0.1) is 0 Å². The molecule has 0 fully saturated rings. The molecule has 0 aliphatic carbocycles. The number of furan rings is 2. The Morgan fingerprint density at radius 3 is 2.71 bits per heavy atom. The number of hydrogen-bond acceptors (Lipinski definition) is 4. The molecule has 2 aromatic heterocycles. The van der Waals surface area contributed by atoms with Crippen LogP contribution in [0, 0.1) is 0 Å². The third-order valence-electron chi connectivity index (χ3n) is 1.76. The van der Waals surface area contributed by atoms with Crippen LogP contribution in [0.5, 0.6) is 0 Å². The predicted molar refractivity (Wildman–Crippen MR) is 47.8 cm³/mol. The van der Waals surface area contributed by atoms with Crippen LogP contribution in [-0.2, 0) is 0 Å². The minimum Gasteiger partial charge on any atom is -0.477 e. The smallest absolute Gasteiger partial charge is 0.341 e. The van der Waals surface area contributed by atoms with Crippen molar-refractivity contribution in [1.82, 2.24) is 0 Å². The summed E-state index contributed by atoms with van der Waals surface area (Å²) in [4.78, 5) is 10.6. The van der Waals surface area contributed by atoms with Crippen molar-refractivity contribution in [2.45, 2.75) is 0 Å². The molecule has 2 aromatic rings. The van der Waals surface area contributed by atoms with Gasteiger partial charge in [-0.3, -0.25) is 0 Å². The van der Waals surface area contributed by atoms with Crippen molar-refractivity contribution in [2.75, 3.05) is 5.73 Å². The lowest BCUT2D eigenvalue weighted by Crippen LogP contribution is -1.97. The average molecular weight is 193 g/mol. The number of carbonyl (C=O) groups is 1. The van der Waals surface area contributed by atoms with Crippen molar-refractivity contribution < 1.29 is 18.7 Å². The second-order valence-corrected chi connectivity index (χ2v) is 2.67. The Bertz CT molecular complexity index is 455. The molecule has 0 radical (unpaired) electrons. The number of rotatable bonds is 2. The van der Waals surface area contributed by atoms with Gasteiger partial charge in [0.15, 0.2) is 11.5 Å². The van der Waals surface area contributed by atoms with Gasteiger partial charge >= 0.3 is 5.97 Å². The van der Waals surface area contributed by atoms with Gasteiger partial charge in [-0.1, -0.05) is 0 Å². The summed E-state index contributed by atoms with van der Waals surface area (Å²) in [5.74, 6) is -0.484. The zero-order chi connectivity index (χ0) is 10.1. The standard InChI is InChI=1S/C9H7NO4/c10-8-5(9(11)12)4-7(14-8)6-2-1-3-13-6/h1-4H,10H2,(H,11,12). The minimum absolute atomic E-state index is 0.0589. The first-order chi connectivity index (χ1) is 6.68. The maximum absolute atomic E-state index is 10.6. The summed E-state index contributed by atoms with van der Waals surface area (Å²) in [6.07, 6.45) is 1.47. The quantitative estimate of drug-likeness (QED) is 0.759. The van der Waals surface area contributed by atoms with E-state index in [1.54, 1.807) is 12.1 Å². The molecule has 0 unspecified atom stereocenters. The van der Waals surface area contributed by atoms with Gasteiger partial charge in [-0.2, -0.15) is 0 Å². The average Bonchev–Trinajstić information content (AvgIpc) is 2.70. The van der Waals surface area contributed by atoms with Gasteiger partial charge in [-0.05, 0) is 12.1 Å². The van der Waals surface area contributed by atoms with Crippen molar-refractivity contribution in [3.8, 4) is 11.5 Å². The molecular formula is C9H7NO4. The first-order valence-corrected chi connectivity index (χ1v) is 3.85. The number of nitrogens with two attached hydrogens (primary N) is 1. The van der Waals surface area contributed by atoms with E-state index in [1.807, 2.05) is 0 Å². The van der Waals surface area contributed by atoms with E-state index in [2.05, 4.69) is 0 Å². The molecule has 14 heavy (non-hydrogen) atoms. The molecule has 2 rings (SSSR count). The van der Waals surface area contributed by atoms with Crippen molar-refractivity contribution >= 4 is 11.9 Å². The molecule has 0 aliphatic rings. The zero-order valence-electron chi connectivity index (χ0n) is 7.06. The largest absolute Gasteiger partial charge is 0.477 e. The van der Waals surface area contributed by atoms with Crippen molar-refractivity contribution in [3.63, 3.8) is 0 Å². The Morgan fingerprint density at radius 2 is 2.21 bits per heavy atom. The lowest BCUT2D eigenvalue weighted by molar-refractivity contribution is 0.0697. The van der Waals surface area contributed by atoms with E-state index in [1.165, 1.54) is 12.3 Å². The highest BCUT2D eigenvalue weighted by Gasteiger charge is 2.16. The minimum atomic E-state index is -1.12. The number of aromatic carboxylic acids is 1. The fourth-order valence-corrected chi connectivity index (χ4v) is 1.11. The van der Waals surface area contributed by atoms with Crippen LogP contribution in [0.25, 0.3) is 11.5 Å². The highest BCUT2D eigenvalue weighted by Crippen LogP contribution is 2.27. The summed E-state index contributed by atoms with van der Waals surface area (Å²) < 4.78 is 10.0. The molecule has 72 valence electrons. The molecule has 5 heteroatoms. The Morgan fingerprint density at radius 1 is 1.43 bits per heavy atom. The predicted octanol–water partition coefficient (Wildman–Crippen LogP) is 1.82. The maximum Gasteiger partial charge on any atom is 0.341 e. The summed E-state index contributed by atoms with van der Waals surface area (Å²) in [6.45, 7) is 0. The van der Waals surface area contributed by atoms with Crippen LogP contribution in [0.4, 0.5) is 5.88 Å². The fourth-order valence-electron chi connectivity index (χ4n) is 1.11. The van der Waals surface area contributed by atoms with Crippen molar-refractivity contribution in [3.05, 3.63) is 30.0 Å². The van der Waals surface area contributed by atoms with Crippen LogP contribution in [0.3, 0.4) is 0 Å². The van der Waals surface area contributed by atoms with E-state index in [0.717, 1.165) is 0 Å². The van der Waals surface area contributed by atoms with Gasteiger partial charge < -0.3 is 19.7 Å². The zero-order valence-corrected chi connectivity index (χ0v) is 7.06. The van der Waals surface area contributed by atoms with Gasteiger partial charge in [0.25, 0.3) is 0 Å². The number of carboxylic acids is 1. The summed E-state index contributed by atoms with van der Waals surface area (Å²) in [7, 11) is 0. The first-order valence-electron chi connectivity index (χ1n) is 3.85. The topological polar surface area (TPSA) is 89.6 Å². The molecule has 0 saturated heterocycles. The fraction of sp³-hybridized carbons (Fsp3) is 0. The number of hydrogen-bond donors (Lipinski definition) is 2. The molecule has 0 saturated carbocycles. The third kappa shape index (κ3) is 1.24. The second kappa shape index (κ2) is 2.95. The summed E-state index contributed by atoms with van der Waals surface area (Å²) in [6, 6.07) is 4.66. The Hall–Kier alpha value is -2.17. The van der Waals surface area contributed by atoms with E-state index >= 15 is 0 Å². The van der Waals surface area contributed by atoms with E-state index in [-0.39, 0.29) is 11.4 Å². The highest BCUT2D eigenvalue weighted by molar-refractivity contribution is 5.93. The van der Waals surface area contributed by atoms with E-state index in [0.29, 0.717) is 11.5 Å². The molecular weight excluding hydrogens is 186 g/mol. The van der Waals surface area contributed by atoms with Gasteiger partial charge in [-0.25, -0.2) is 4.79 Å². The number of carboxylic acid groups (broad SMARTS) is 1. The number of anilines is 1. The highest BCUT2D eigenvalue weighted by atomic mass is 16.4. The van der Waals surface area contributed by atoms with Crippen LogP contribution in [0.15, 0.2) is 33.3 Å². The van der Waals surface area contributed by atoms with Gasteiger partial charge in [0.2, 0.25) is 5.88 Å². The molecule has 2 heterocycles. The van der Waals surface area contributed by atoms with Crippen LogP contribution in [0.1, 0.15) is 10.4 Å². The SMILES string of the molecule is Nc1oc(-c2ccco2)cc1C(=O)O. The first kappa shape index (κ1) is 8.43. The lowest BCUT2D eigenvalue weighted by atomic mass is 10.2. The Kier molecular flexibility index (Phi) is 1.78. The normalized spacial score (nSPS) is 10.3. The van der Waals surface area contributed by atoms with Gasteiger partial charge in [0.1, 0.15) is 5.56 Å². The molecule has 0 bridgehead atoms. The summed E-state index contributed by atoms with van der Waals surface area (Å²) in [5, 5.41) is 8.71. The van der Waals surface area contributed by atoms with Crippen LogP contribution < -0.4 is 5.73 Å². The Labute approximate surface area is 78.7 Å². The van der Waals surface area contributed by atoms with E-state index < -0.39 is 5.97 Å². The molecule has 0 aromatic carbocycles. The van der Waals surface area contributed by atoms with Crippen LogP contribution >= 0.6 is 0 Å². The van der Waals surface area contributed by atoms with Gasteiger partial charge in [0, 0.05) is 6.07 Å². The van der Waals surface area contributed by atoms with Crippen LogP contribution in [0.2, 0.25) is 0 Å². The third-order valence-corrected chi connectivity index (χ3v) is 1.76. The van der Waals surface area contributed by atoms with Crippen molar-refractivity contribution in [1.29, 1.82) is 0 Å². The molecule has 0 spiro atoms. The summed E-state index contributed by atoms with van der Waals surface area (Å²) in [5.41, 5.74) is 5.30. The monoisotopic (exact) mass is 193 g/mol. The Balaban J connectivity index is 2.48. The molecule has 0 atom stereocenters. The molecule has 3 N–H and O–H groups in total. The number of nitrogen functional groups attached to an aromatic ring is 1. The van der Waals surface area contributed by atoms with E-state index in [9.17, 15) is 4.79 Å². The summed E-state index contributed by atoms with van der Waals surface area (Å²) >= 11 is 0. The van der Waals surface area contributed by atoms with Crippen molar-refractivity contribution in [2.24, 2.45) is 0 Å². The molecule has 0 aliphatic heterocycles. The maximum atomic E-state index is 10.6. The second-order valence-electron chi connectivity index (χ2n) is 2.67. The molecule has 0 amide bonds. The van der Waals surface area contributed by atoms with E-state index in [4.69, 9.17) is 19.7 Å². The molecule has 5 nitrogen and oxygen atoms in total. The lowest BCUT2D eigenvalue weighted by Gasteiger charge is -1.87. The van der Waals surface area contributed by atoms with Crippen LogP contribution in [-0.4, -0.2) is 11.1 Å². The van der Waals surface area contributed by atoms with Gasteiger partial charge in [0.05, 0.1) is 6.26 Å².